The molecule has 0 bridgehead atoms. The zero-order valence-electron chi connectivity index (χ0n) is 7.24. The molecule has 0 unspecified atom stereocenters. The molecule has 0 aliphatic rings. The Hall–Kier alpha value is -0.610. The molecule has 0 saturated heterocycles. The van der Waals surface area contributed by atoms with Gasteiger partial charge in [-0.2, -0.15) is 0 Å². The Balaban J connectivity index is 3.09. The van der Waals surface area contributed by atoms with Gasteiger partial charge in [0, 0.05) is 13.1 Å². The molecule has 0 spiro atoms. The van der Waals surface area contributed by atoms with Crippen LogP contribution in [0.3, 0.4) is 0 Å². The van der Waals surface area contributed by atoms with E-state index in [1.807, 2.05) is 14.0 Å². The molecule has 4 heteroatoms. The smallest absolute Gasteiger partial charge is 0.234 e. The summed E-state index contributed by atoms with van der Waals surface area (Å²) >= 11 is 0. The lowest BCUT2D eigenvalue weighted by Gasteiger charge is -2.03. The standard InChI is InChI=1S/C7H17N3O/c1-3-9-6-7(11)10-5-4-8-2/h8-9H,3-6H2,1-2H3,(H,10,11). The van der Waals surface area contributed by atoms with Gasteiger partial charge >= 0.3 is 0 Å². The molecule has 4 nitrogen and oxygen atoms in total. The molecule has 0 heterocycles. The van der Waals surface area contributed by atoms with Crippen molar-refractivity contribution >= 4 is 5.91 Å². The first-order valence-corrected chi connectivity index (χ1v) is 3.93. The van der Waals surface area contributed by atoms with Crippen LogP contribution in [0.5, 0.6) is 0 Å². The van der Waals surface area contributed by atoms with Gasteiger partial charge < -0.3 is 16.0 Å². The van der Waals surface area contributed by atoms with E-state index < -0.39 is 0 Å². The maximum Gasteiger partial charge on any atom is 0.234 e. The Morgan fingerprint density at radius 2 is 2.09 bits per heavy atom. The first-order chi connectivity index (χ1) is 5.31. The van der Waals surface area contributed by atoms with Crippen LogP contribution in [0.4, 0.5) is 0 Å². The molecule has 0 fully saturated rings. The van der Waals surface area contributed by atoms with Crippen molar-refractivity contribution in [2.45, 2.75) is 6.92 Å². The van der Waals surface area contributed by atoms with Gasteiger partial charge in [0.2, 0.25) is 5.91 Å². The summed E-state index contributed by atoms with van der Waals surface area (Å²) in [6.45, 7) is 4.74. The van der Waals surface area contributed by atoms with E-state index in [2.05, 4.69) is 16.0 Å². The van der Waals surface area contributed by atoms with E-state index in [0.29, 0.717) is 13.1 Å². The van der Waals surface area contributed by atoms with Crippen molar-refractivity contribution in [1.29, 1.82) is 0 Å². The van der Waals surface area contributed by atoms with Gasteiger partial charge in [0.15, 0.2) is 0 Å². The van der Waals surface area contributed by atoms with E-state index in [1.54, 1.807) is 0 Å². The second kappa shape index (κ2) is 7.50. The molecule has 0 atom stereocenters. The lowest BCUT2D eigenvalue weighted by Crippen LogP contribution is -2.36. The topological polar surface area (TPSA) is 53.2 Å². The number of carbonyl (C=O) groups is 1. The maximum absolute atomic E-state index is 10.9. The van der Waals surface area contributed by atoms with Gasteiger partial charge in [0.05, 0.1) is 6.54 Å². The summed E-state index contributed by atoms with van der Waals surface area (Å²) < 4.78 is 0. The Labute approximate surface area is 67.7 Å². The largest absolute Gasteiger partial charge is 0.354 e. The first-order valence-electron chi connectivity index (χ1n) is 3.93. The van der Waals surface area contributed by atoms with Crippen LogP contribution in [0, 0.1) is 0 Å². The first kappa shape index (κ1) is 10.4. The predicted octanol–water partition coefficient (Wildman–Crippen LogP) is -1.07. The Morgan fingerprint density at radius 3 is 2.64 bits per heavy atom. The Bertz CT molecular complexity index is 106. The van der Waals surface area contributed by atoms with Gasteiger partial charge in [-0.1, -0.05) is 6.92 Å². The maximum atomic E-state index is 10.9. The molecular weight excluding hydrogens is 142 g/mol. The summed E-state index contributed by atoms with van der Waals surface area (Å²) in [7, 11) is 1.86. The van der Waals surface area contributed by atoms with Gasteiger partial charge in [-0.05, 0) is 13.6 Å². The average molecular weight is 159 g/mol. The highest BCUT2D eigenvalue weighted by molar-refractivity contribution is 5.77. The highest BCUT2D eigenvalue weighted by atomic mass is 16.1. The van der Waals surface area contributed by atoms with E-state index in [1.165, 1.54) is 0 Å². The number of carbonyl (C=O) groups excluding carboxylic acids is 1. The van der Waals surface area contributed by atoms with Crippen molar-refractivity contribution in [2.24, 2.45) is 0 Å². The van der Waals surface area contributed by atoms with Crippen molar-refractivity contribution < 1.29 is 4.79 Å². The summed E-state index contributed by atoms with van der Waals surface area (Å²) in [5.74, 6) is 0.0575. The minimum Gasteiger partial charge on any atom is -0.354 e. The number of amides is 1. The van der Waals surface area contributed by atoms with Crippen LogP contribution in [-0.2, 0) is 4.79 Å². The highest BCUT2D eigenvalue weighted by Gasteiger charge is 1.96. The number of hydrogen-bond donors (Lipinski definition) is 3. The molecule has 0 radical (unpaired) electrons. The van der Waals surface area contributed by atoms with Crippen LogP contribution in [0.1, 0.15) is 6.92 Å². The summed E-state index contributed by atoms with van der Waals surface area (Å²) in [5, 5.41) is 8.64. The third-order valence-corrected chi connectivity index (χ3v) is 1.23. The molecule has 0 aromatic heterocycles. The zero-order valence-corrected chi connectivity index (χ0v) is 7.24. The van der Waals surface area contributed by atoms with Gasteiger partial charge in [-0.25, -0.2) is 0 Å². The van der Waals surface area contributed by atoms with Crippen LogP contribution in [0.2, 0.25) is 0 Å². The summed E-state index contributed by atoms with van der Waals surface area (Å²) in [6, 6.07) is 0. The van der Waals surface area contributed by atoms with Gasteiger partial charge in [-0.15, -0.1) is 0 Å². The lowest BCUT2D eigenvalue weighted by atomic mass is 10.5. The minimum atomic E-state index is 0.0575. The molecule has 1 amide bonds. The molecule has 0 rings (SSSR count). The minimum absolute atomic E-state index is 0.0575. The van der Waals surface area contributed by atoms with Gasteiger partial charge in [0.25, 0.3) is 0 Å². The van der Waals surface area contributed by atoms with Gasteiger partial charge in [0.1, 0.15) is 0 Å². The second-order valence-electron chi connectivity index (χ2n) is 2.23. The second-order valence-corrected chi connectivity index (χ2v) is 2.23. The molecular formula is C7H17N3O. The zero-order chi connectivity index (χ0) is 8.53. The van der Waals surface area contributed by atoms with Crippen LogP contribution >= 0.6 is 0 Å². The fourth-order valence-corrected chi connectivity index (χ4v) is 0.628. The molecule has 3 N–H and O–H groups in total. The molecule has 0 aliphatic heterocycles. The fraction of sp³-hybridized carbons (Fsp3) is 0.857. The van der Waals surface area contributed by atoms with Crippen LogP contribution in [-0.4, -0.2) is 39.1 Å². The summed E-state index contributed by atoms with van der Waals surface area (Å²) in [6.07, 6.45) is 0. The van der Waals surface area contributed by atoms with Crippen molar-refractivity contribution in [3.63, 3.8) is 0 Å². The third kappa shape index (κ3) is 7.29. The van der Waals surface area contributed by atoms with E-state index in [-0.39, 0.29) is 5.91 Å². The molecule has 0 aromatic rings. The predicted molar refractivity (Wildman–Crippen MR) is 45.5 cm³/mol. The Morgan fingerprint density at radius 1 is 1.36 bits per heavy atom. The van der Waals surface area contributed by atoms with E-state index in [0.717, 1.165) is 13.1 Å². The molecule has 0 aliphatic carbocycles. The summed E-state index contributed by atoms with van der Waals surface area (Å²) in [5.41, 5.74) is 0. The molecule has 0 aromatic carbocycles. The van der Waals surface area contributed by atoms with E-state index in [4.69, 9.17) is 0 Å². The highest BCUT2D eigenvalue weighted by Crippen LogP contribution is 1.63. The van der Waals surface area contributed by atoms with Gasteiger partial charge in [-0.3, -0.25) is 4.79 Å². The summed E-state index contributed by atoms with van der Waals surface area (Å²) in [4.78, 5) is 10.9. The number of hydrogen-bond acceptors (Lipinski definition) is 3. The third-order valence-electron chi connectivity index (χ3n) is 1.23. The molecule has 0 saturated carbocycles. The fourth-order valence-electron chi connectivity index (χ4n) is 0.628. The van der Waals surface area contributed by atoms with Crippen LogP contribution in [0.15, 0.2) is 0 Å². The van der Waals surface area contributed by atoms with E-state index >= 15 is 0 Å². The van der Waals surface area contributed by atoms with Crippen LogP contribution in [0.25, 0.3) is 0 Å². The van der Waals surface area contributed by atoms with Crippen molar-refractivity contribution in [3.8, 4) is 0 Å². The molecule has 11 heavy (non-hydrogen) atoms. The Kier molecular flexibility index (Phi) is 7.08. The van der Waals surface area contributed by atoms with Crippen LogP contribution < -0.4 is 16.0 Å². The SMILES string of the molecule is CCNCC(=O)NCCNC. The average Bonchev–Trinajstić information content (AvgIpc) is 2.01. The van der Waals surface area contributed by atoms with E-state index in [9.17, 15) is 4.79 Å². The molecule has 66 valence electrons. The number of likely N-dealkylation sites (N-methyl/N-ethyl adjacent to an activating group) is 2. The number of rotatable bonds is 6. The quantitative estimate of drug-likeness (QED) is 0.433. The van der Waals surface area contributed by atoms with Crippen molar-refractivity contribution in [3.05, 3.63) is 0 Å². The van der Waals surface area contributed by atoms with Crippen molar-refractivity contribution in [1.82, 2.24) is 16.0 Å². The van der Waals surface area contributed by atoms with Crippen molar-refractivity contribution in [2.75, 3.05) is 33.2 Å². The monoisotopic (exact) mass is 159 g/mol. The normalized spacial score (nSPS) is 9.64. The lowest BCUT2D eigenvalue weighted by molar-refractivity contribution is -0.120. The number of nitrogens with one attached hydrogen (secondary N) is 3.